The number of imidazole rings is 1. The molecule has 1 aromatic carbocycles. The molecule has 0 saturated carbocycles. The van der Waals surface area contributed by atoms with Crippen molar-refractivity contribution in [3.63, 3.8) is 0 Å². The third-order valence-electron chi connectivity index (χ3n) is 3.35. The monoisotopic (exact) mass is 263 g/mol. The van der Waals surface area contributed by atoms with Crippen molar-refractivity contribution in [3.05, 3.63) is 29.6 Å². The van der Waals surface area contributed by atoms with Crippen LogP contribution in [0, 0.1) is 0 Å². The number of fused-ring (bicyclic) bond motifs is 1. The van der Waals surface area contributed by atoms with E-state index < -0.39 is 0 Å². The van der Waals surface area contributed by atoms with Gasteiger partial charge in [0.15, 0.2) is 0 Å². The van der Waals surface area contributed by atoms with Crippen molar-refractivity contribution < 1.29 is 0 Å². The van der Waals surface area contributed by atoms with Gasteiger partial charge in [0, 0.05) is 7.05 Å². The molecule has 0 aliphatic rings. The van der Waals surface area contributed by atoms with Crippen molar-refractivity contribution in [1.29, 1.82) is 0 Å². The first-order valence-corrected chi connectivity index (χ1v) is 7.76. The molecule has 2 rings (SSSR count). The van der Waals surface area contributed by atoms with Gasteiger partial charge in [-0.1, -0.05) is 13.0 Å². The minimum atomic E-state index is 0.0277. The first-order chi connectivity index (χ1) is 8.67. The van der Waals surface area contributed by atoms with E-state index in [1.54, 1.807) is 0 Å². The summed E-state index contributed by atoms with van der Waals surface area (Å²) < 4.78 is 2.12. The summed E-state index contributed by atoms with van der Waals surface area (Å²) in [6.45, 7) is 2.16. The molecule has 4 heteroatoms. The Balaban J connectivity index is 2.37. The number of thioether (sulfide) groups is 1. The van der Waals surface area contributed by atoms with E-state index in [-0.39, 0.29) is 6.04 Å². The van der Waals surface area contributed by atoms with Gasteiger partial charge >= 0.3 is 0 Å². The second-order valence-electron chi connectivity index (χ2n) is 4.59. The third kappa shape index (κ3) is 2.54. The molecule has 2 N–H and O–H groups in total. The summed E-state index contributed by atoms with van der Waals surface area (Å²) in [7, 11) is 2.05. The number of hydrogen-bond acceptors (Lipinski definition) is 3. The maximum atomic E-state index is 6.22. The molecule has 0 aliphatic carbocycles. The Morgan fingerprint density at radius 1 is 1.44 bits per heavy atom. The quantitative estimate of drug-likeness (QED) is 0.902. The number of nitrogens with two attached hydrogens (primary N) is 1. The van der Waals surface area contributed by atoms with E-state index in [0.29, 0.717) is 0 Å². The van der Waals surface area contributed by atoms with Crippen LogP contribution in [0.4, 0.5) is 0 Å². The van der Waals surface area contributed by atoms with Gasteiger partial charge in [-0.3, -0.25) is 0 Å². The predicted molar refractivity (Wildman–Crippen MR) is 80.0 cm³/mol. The lowest BCUT2D eigenvalue weighted by Crippen LogP contribution is -2.16. The van der Waals surface area contributed by atoms with Crippen molar-refractivity contribution in [1.82, 2.24) is 9.55 Å². The molecule has 2 aromatic rings. The summed E-state index contributed by atoms with van der Waals surface area (Å²) in [4.78, 5) is 4.70. The van der Waals surface area contributed by atoms with Crippen molar-refractivity contribution in [3.8, 4) is 0 Å². The molecular formula is C14H21N3S. The summed E-state index contributed by atoms with van der Waals surface area (Å²) in [5.41, 5.74) is 9.77. The lowest BCUT2D eigenvalue weighted by atomic mass is 10.1. The summed E-state index contributed by atoms with van der Waals surface area (Å²) in [5.74, 6) is 2.07. The molecule has 0 amide bonds. The fraction of sp³-hybridized carbons (Fsp3) is 0.500. The molecule has 0 radical (unpaired) electrons. The second-order valence-corrected chi connectivity index (χ2v) is 5.58. The average Bonchev–Trinajstić information content (AvgIpc) is 2.72. The molecule has 1 atom stereocenters. The lowest BCUT2D eigenvalue weighted by molar-refractivity contribution is 0.628. The largest absolute Gasteiger partial charge is 0.330 e. The van der Waals surface area contributed by atoms with Gasteiger partial charge < -0.3 is 10.3 Å². The first-order valence-electron chi connectivity index (χ1n) is 6.37. The fourth-order valence-corrected chi connectivity index (χ4v) is 2.68. The van der Waals surface area contributed by atoms with Gasteiger partial charge in [-0.25, -0.2) is 4.98 Å². The van der Waals surface area contributed by atoms with E-state index in [1.165, 1.54) is 11.1 Å². The van der Waals surface area contributed by atoms with Crippen LogP contribution in [0.3, 0.4) is 0 Å². The molecule has 18 heavy (non-hydrogen) atoms. The van der Waals surface area contributed by atoms with Gasteiger partial charge in [-0.05, 0) is 42.5 Å². The van der Waals surface area contributed by atoms with Crippen LogP contribution in [0.15, 0.2) is 18.2 Å². The van der Waals surface area contributed by atoms with E-state index in [2.05, 4.69) is 43.0 Å². The topological polar surface area (TPSA) is 43.8 Å². The molecule has 0 fully saturated rings. The van der Waals surface area contributed by atoms with Crippen molar-refractivity contribution in [2.45, 2.75) is 25.8 Å². The highest BCUT2D eigenvalue weighted by molar-refractivity contribution is 7.98. The molecule has 1 aromatic heterocycles. The molecule has 3 nitrogen and oxygen atoms in total. The zero-order valence-corrected chi connectivity index (χ0v) is 12.1. The Labute approximate surface area is 113 Å². The minimum absolute atomic E-state index is 0.0277. The maximum Gasteiger partial charge on any atom is 0.126 e. The van der Waals surface area contributed by atoms with Crippen molar-refractivity contribution in [2.24, 2.45) is 12.8 Å². The number of benzene rings is 1. The molecule has 1 unspecified atom stereocenters. The lowest BCUT2D eigenvalue weighted by Gasteiger charge is -2.10. The van der Waals surface area contributed by atoms with Gasteiger partial charge in [0.2, 0.25) is 0 Å². The van der Waals surface area contributed by atoms with E-state index >= 15 is 0 Å². The molecule has 0 spiro atoms. The summed E-state index contributed by atoms with van der Waals surface area (Å²) in [6, 6.07) is 6.51. The Hall–Kier alpha value is -1.00. The van der Waals surface area contributed by atoms with Crippen LogP contribution in [-0.4, -0.2) is 21.6 Å². The normalized spacial score (nSPS) is 13.1. The van der Waals surface area contributed by atoms with Gasteiger partial charge in [-0.15, -0.1) is 0 Å². The van der Waals surface area contributed by atoms with E-state index in [4.69, 9.17) is 10.7 Å². The fourth-order valence-electron chi connectivity index (χ4n) is 2.19. The summed E-state index contributed by atoms with van der Waals surface area (Å²) in [6.07, 6.45) is 4.12. The number of nitrogens with zero attached hydrogens (tertiary/aromatic N) is 2. The van der Waals surface area contributed by atoms with Gasteiger partial charge in [-0.2, -0.15) is 11.8 Å². The molecule has 0 bridgehead atoms. The van der Waals surface area contributed by atoms with Crippen LogP contribution >= 0.6 is 11.8 Å². The molecule has 0 saturated heterocycles. The number of aryl methyl sites for hydroxylation is 2. The Bertz CT molecular complexity index is 533. The number of hydrogen-bond donors (Lipinski definition) is 1. The van der Waals surface area contributed by atoms with Crippen LogP contribution in [0.25, 0.3) is 11.0 Å². The van der Waals surface area contributed by atoms with Crippen LogP contribution in [0.5, 0.6) is 0 Å². The first kappa shape index (κ1) is 13.4. The zero-order chi connectivity index (χ0) is 13.1. The van der Waals surface area contributed by atoms with E-state index in [0.717, 1.165) is 29.9 Å². The standard InChI is InChI=1S/C14H21N3S/c1-4-10-5-6-13-12(9-10)16-14(17(13)2)11(15)7-8-18-3/h5-6,9,11H,4,7-8,15H2,1-3H3. The Kier molecular flexibility index (Phi) is 4.30. The SMILES string of the molecule is CCc1ccc2c(c1)nc(C(N)CCSC)n2C. The third-order valence-corrected chi connectivity index (χ3v) is 4.00. The average molecular weight is 263 g/mol. The Morgan fingerprint density at radius 2 is 2.22 bits per heavy atom. The van der Waals surface area contributed by atoms with Crippen LogP contribution in [0.2, 0.25) is 0 Å². The second kappa shape index (κ2) is 5.76. The number of aromatic nitrogens is 2. The maximum absolute atomic E-state index is 6.22. The molecule has 98 valence electrons. The van der Waals surface area contributed by atoms with Crippen molar-refractivity contribution >= 4 is 22.8 Å². The van der Waals surface area contributed by atoms with E-state index in [9.17, 15) is 0 Å². The smallest absolute Gasteiger partial charge is 0.126 e. The summed E-state index contributed by atoms with van der Waals surface area (Å²) in [5, 5.41) is 0. The van der Waals surface area contributed by atoms with Crippen LogP contribution < -0.4 is 5.73 Å². The minimum Gasteiger partial charge on any atom is -0.330 e. The van der Waals surface area contributed by atoms with Gasteiger partial charge in [0.25, 0.3) is 0 Å². The summed E-state index contributed by atoms with van der Waals surface area (Å²) >= 11 is 1.83. The highest BCUT2D eigenvalue weighted by Gasteiger charge is 2.14. The highest BCUT2D eigenvalue weighted by atomic mass is 32.2. The Morgan fingerprint density at radius 3 is 2.89 bits per heavy atom. The zero-order valence-electron chi connectivity index (χ0n) is 11.3. The molecule has 0 aliphatic heterocycles. The van der Waals surface area contributed by atoms with Crippen LogP contribution in [0.1, 0.15) is 30.8 Å². The highest BCUT2D eigenvalue weighted by Crippen LogP contribution is 2.22. The van der Waals surface area contributed by atoms with Crippen molar-refractivity contribution in [2.75, 3.05) is 12.0 Å². The van der Waals surface area contributed by atoms with Gasteiger partial charge in [0.05, 0.1) is 17.1 Å². The van der Waals surface area contributed by atoms with E-state index in [1.807, 2.05) is 11.8 Å². The van der Waals surface area contributed by atoms with Crippen LogP contribution in [-0.2, 0) is 13.5 Å². The predicted octanol–water partition coefficient (Wildman–Crippen LogP) is 2.89. The van der Waals surface area contributed by atoms with Gasteiger partial charge in [0.1, 0.15) is 5.82 Å². The molecular weight excluding hydrogens is 242 g/mol. The molecule has 1 heterocycles. The number of rotatable bonds is 5.